The van der Waals surface area contributed by atoms with Crippen LogP contribution in [0.4, 0.5) is 11.4 Å². The standard InChI is InChI=1S/C18H13ClN2O3S3/c19-13-7-8-14(15(11-13)20-26-18-6-3-9-25-18)21-27(22,23)17-10-12-4-1-2-5-16(12)24-17/h1-11,20-21H. The molecule has 0 unspecified atom stereocenters. The molecule has 2 N–H and O–H groups in total. The second kappa shape index (κ2) is 7.47. The van der Waals surface area contributed by atoms with Crippen LogP contribution in [0, 0.1) is 0 Å². The zero-order valence-corrected chi connectivity index (χ0v) is 16.9. The molecule has 5 nitrogen and oxygen atoms in total. The van der Waals surface area contributed by atoms with Gasteiger partial charge in [-0.1, -0.05) is 35.9 Å². The van der Waals surface area contributed by atoms with E-state index in [1.54, 1.807) is 47.7 Å². The van der Waals surface area contributed by atoms with Crippen molar-refractivity contribution >= 4 is 67.3 Å². The number of benzene rings is 2. The molecule has 0 amide bonds. The van der Waals surface area contributed by atoms with Crippen molar-refractivity contribution in [2.45, 2.75) is 9.30 Å². The summed E-state index contributed by atoms with van der Waals surface area (Å²) in [6.45, 7) is 0. The van der Waals surface area contributed by atoms with Crippen LogP contribution in [0.3, 0.4) is 0 Å². The molecule has 4 rings (SSSR count). The Balaban J connectivity index is 1.62. The van der Waals surface area contributed by atoms with Gasteiger partial charge in [0.25, 0.3) is 10.0 Å². The zero-order valence-electron chi connectivity index (χ0n) is 13.7. The molecule has 2 aromatic heterocycles. The lowest BCUT2D eigenvalue weighted by atomic mass is 10.3. The van der Waals surface area contributed by atoms with Gasteiger partial charge in [0.2, 0.25) is 5.09 Å². The summed E-state index contributed by atoms with van der Waals surface area (Å²) >= 11 is 9.04. The second-order valence-electron chi connectivity index (χ2n) is 5.53. The van der Waals surface area contributed by atoms with Gasteiger partial charge in [0, 0.05) is 16.5 Å². The third kappa shape index (κ3) is 4.08. The molecule has 0 aliphatic carbocycles. The second-order valence-corrected chi connectivity index (χ2v) is 9.64. The Morgan fingerprint density at radius 2 is 1.85 bits per heavy atom. The van der Waals surface area contributed by atoms with Crippen LogP contribution in [-0.4, -0.2) is 8.42 Å². The van der Waals surface area contributed by atoms with Gasteiger partial charge in [-0.25, -0.2) is 0 Å². The highest BCUT2D eigenvalue weighted by molar-refractivity contribution is 8.02. The summed E-state index contributed by atoms with van der Waals surface area (Å²) in [7, 11) is -3.89. The van der Waals surface area contributed by atoms with Gasteiger partial charge in [-0.15, -0.1) is 11.3 Å². The van der Waals surface area contributed by atoms with E-state index < -0.39 is 10.0 Å². The summed E-state index contributed by atoms with van der Waals surface area (Å²) in [5, 5.41) is 3.04. The van der Waals surface area contributed by atoms with Crippen molar-refractivity contribution in [3.63, 3.8) is 0 Å². The first kappa shape index (κ1) is 18.2. The number of rotatable bonds is 6. The number of fused-ring (bicyclic) bond motifs is 1. The van der Waals surface area contributed by atoms with Crippen molar-refractivity contribution in [3.05, 3.63) is 71.1 Å². The van der Waals surface area contributed by atoms with Gasteiger partial charge < -0.3 is 9.14 Å². The quantitative estimate of drug-likeness (QED) is 0.359. The SMILES string of the molecule is O=S(=O)(Nc1ccc(Cl)cc1NSc1cccs1)c1cc2ccccc2o1. The minimum Gasteiger partial charge on any atom is -0.443 e. The lowest BCUT2D eigenvalue weighted by Crippen LogP contribution is -2.13. The third-order valence-corrected chi connectivity index (χ3v) is 6.96. The molecule has 0 spiro atoms. The van der Waals surface area contributed by atoms with E-state index in [0.29, 0.717) is 22.0 Å². The van der Waals surface area contributed by atoms with E-state index >= 15 is 0 Å². The number of hydrogen-bond acceptors (Lipinski definition) is 6. The lowest BCUT2D eigenvalue weighted by molar-refractivity contribution is 0.484. The summed E-state index contributed by atoms with van der Waals surface area (Å²) in [5.41, 5.74) is 1.45. The minimum atomic E-state index is -3.89. The van der Waals surface area contributed by atoms with Gasteiger partial charge in [0.1, 0.15) is 5.58 Å². The summed E-state index contributed by atoms with van der Waals surface area (Å²) in [6.07, 6.45) is 0. The highest BCUT2D eigenvalue weighted by Crippen LogP contribution is 2.33. The van der Waals surface area contributed by atoms with Gasteiger partial charge in [0.05, 0.1) is 15.6 Å². The van der Waals surface area contributed by atoms with Crippen molar-refractivity contribution < 1.29 is 12.8 Å². The van der Waals surface area contributed by atoms with Gasteiger partial charge in [-0.05, 0) is 47.7 Å². The molecular formula is C18H13ClN2O3S3. The Kier molecular flexibility index (Phi) is 5.05. The molecule has 0 aliphatic rings. The molecule has 2 aromatic carbocycles. The van der Waals surface area contributed by atoms with Crippen molar-refractivity contribution in [2.24, 2.45) is 0 Å². The maximum absolute atomic E-state index is 12.8. The van der Waals surface area contributed by atoms with Gasteiger partial charge in [0.15, 0.2) is 0 Å². The number of para-hydroxylation sites is 1. The van der Waals surface area contributed by atoms with E-state index in [2.05, 4.69) is 9.44 Å². The number of anilines is 2. The highest BCUT2D eigenvalue weighted by Gasteiger charge is 2.21. The maximum atomic E-state index is 12.8. The predicted octanol–water partition coefficient (Wildman–Crippen LogP) is 6.07. The van der Waals surface area contributed by atoms with Crippen LogP contribution in [-0.2, 0) is 10.0 Å². The monoisotopic (exact) mass is 436 g/mol. The van der Waals surface area contributed by atoms with E-state index in [9.17, 15) is 8.42 Å². The van der Waals surface area contributed by atoms with E-state index in [0.717, 1.165) is 9.60 Å². The molecule has 9 heteroatoms. The summed E-state index contributed by atoms with van der Waals surface area (Å²) < 4.78 is 37.8. The minimum absolute atomic E-state index is 0.143. The number of thiophene rings is 1. The molecule has 138 valence electrons. The fourth-order valence-corrected chi connectivity index (χ4v) is 5.08. The molecule has 0 aliphatic heterocycles. The van der Waals surface area contributed by atoms with Gasteiger partial charge >= 0.3 is 0 Å². The lowest BCUT2D eigenvalue weighted by Gasteiger charge is -2.12. The van der Waals surface area contributed by atoms with E-state index in [1.165, 1.54) is 18.0 Å². The van der Waals surface area contributed by atoms with E-state index in [-0.39, 0.29) is 5.09 Å². The molecule has 4 aromatic rings. The van der Waals surface area contributed by atoms with Crippen LogP contribution in [0.2, 0.25) is 5.02 Å². The van der Waals surface area contributed by atoms with E-state index in [4.69, 9.17) is 16.0 Å². The topological polar surface area (TPSA) is 71.3 Å². The molecular weight excluding hydrogens is 424 g/mol. The molecule has 0 saturated heterocycles. The predicted molar refractivity (Wildman–Crippen MR) is 112 cm³/mol. The van der Waals surface area contributed by atoms with Crippen LogP contribution >= 0.6 is 34.9 Å². The molecule has 0 atom stereocenters. The largest absolute Gasteiger partial charge is 0.443 e. The van der Waals surface area contributed by atoms with Crippen LogP contribution in [0.5, 0.6) is 0 Å². The molecule has 0 saturated carbocycles. The molecule has 0 radical (unpaired) electrons. The zero-order chi connectivity index (χ0) is 18.9. The number of nitrogens with one attached hydrogen (secondary N) is 2. The van der Waals surface area contributed by atoms with Crippen LogP contribution in [0.1, 0.15) is 0 Å². The average Bonchev–Trinajstić information content (AvgIpc) is 3.31. The maximum Gasteiger partial charge on any atom is 0.295 e. The first-order valence-corrected chi connectivity index (χ1v) is 11.3. The fraction of sp³-hybridized carbons (Fsp3) is 0. The van der Waals surface area contributed by atoms with E-state index in [1.807, 2.05) is 23.6 Å². The highest BCUT2D eigenvalue weighted by atomic mass is 35.5. The summed E-state index contributed by atoms with van der Waals surface area (Å²) in [5.74, 6) is 0. The first-order chi connectivity index (χ1) is 13.0. The first-order valence-electron chi connectivity index (χ1n) is 7.78. The molecule has 0 fully saturated rings. The normalized spacial score (nSPS) is 11.6. The number of furan rings is 1. The van der Waals surface area contributed by atoms with Crippen molar-refractivity contribution in [1.29, 1.82) is 0 Å². The Labute approximate surface area is 169 Å². The Hall–Kier alpha value is -2.13. The Bertz CT molecular complexity index is 1150. The summed E-state index contributed by atoms with van der Waals surface area (Å²) in [4.78, 5) is 0. The van der Waals surface area contributed by atoms with Gasteiger partial charge in [-0.2, -0.15) is 8.42 Å². The van der Waals surface area contributed by atoms with Gasteiger partial charge in [-0.3, -0.25) is 4.72 Å². The molecule has 27 heavy (non-hydrogen) atoms. The number of hydrogen-bond donors (Lipinski definition) is 2. The Morgan fingerprint density at radius 1 is 1.00 bits per heavy atom. The van der Waals surface area contributed by atoms with Crippen molar-refractivity contribution in [2.75, 3.05) is 9.44 Å². The smallest absolute Gasteiger partial charge is 0.295 e. The van der Waals surface area contributed by atoms with Crippen LogP contribution < -0.4 is 9.44 Å². The Morgan fingerprint density at radius 3 is 2.63 bits per heavy atom. The van der Waals surface area contributed by atoms with Crippen molar-refractivity contribution in [3.8, 4) is 0 Å². The summed E-state index contributed by atoms with van der Waals surface area (Å²) in [6, 6.07) is 17.4. The number of sulfonamides is 1. The van der Waals surface area contributed by atoms with Crippen LogP contribution in [0.15, 0.2) is 79.8 Å². The third-order valence-electron chi connectivity index (χ3n) is 3.65. The molecule has 2 heterocycles. The van der Waals surface area contributed by atoms with Crippen LogP contribution in [0.25, 0.3) is 11.0 Å². The molecule has 0 bridgehead atoms. The average molecular weight is 437 g/mol. The number of halogens is 1. The fourth-order valence-electron chi connectivity index (χ4n) is 2.40. The van der Waals surface area contributed by atoms with Crippen molar-refractivity contribution in [1.82, 2.24) is 0 Å².